The molecule has 3 aliphatic rings. The lowest BCUT2D eigenvalue weighted by Crippen LogP contribution is -2.33. The molecule has 0 radical (unpaired) electrons. The molecule has 0 amide bonds. The van der Waals surface area contributed by atoms with Crippen LogP contribution in [0.3, 0.4) is 0 Å². The first-order chi connectivity index (χ1) is 15.8. The largest absolute Gasteiger partial charge is 0.486 e. The Hall–Kier alpha value is -3.10. The van der Waals surface area contributed by atoms with Gasteiger partial charge in [-0.2, -0.15) is 0 Å². The van der Waals surface area contributed by atoms with Crippen LogP contribution in [-0.2, 0) is 14.2 Å². The van der Waals surface area contributed by atoms with Crippen molar-refractivity contribution in [1.82, 2.24) is 5.32 Å². The Kier molecular flexibility index (Phi) is 6.85. The molecule has 4 rings (SSSR count). The molecular weight excluding hydrogens is 427 g/mol. The third kappa shape index (κ3) is 6.03. The molecule has 1 fully saturated rings. The SMILES string of the molecule is CCOC1=CC=C2C=C(C(C)Oc3cc(F)cc(O/N=C/[C@H]4COC(C)(C)O4)c3)C=CC2N1. The molecule has 3 atom stereocenters. The summed E-state index contributed by atoms with van der Waals surface area (Å²) < 4.78 is 36.8. The Morgan fingerprint density at radius 2 is 2.09 bits per heavy atom. The molecule has 0 bridgehead atoms. The number of dihydropyridines is 1. The highest BCUT2D eigenvalue weighted by Gasteiger charge is 2.31. The topological polar surface area (TPSA) is 70.5 Å². The molecule has 7 nitrogen and oxygen atoms in total. The van der Waals surface area contributed by atoms with E-state index in [0.717, 1.165) is 17.0 Å². The summed E-state index contributed by atoms with van der Waals surface area (Å²) in [6.07, 6.45) is 10.9. The first-order valence-electron chi connectivity index (χ1n) is 11.0. The third-order valence-corrected chi connectivity index (χ3v) is 5.24. The van der Waals surface area contributed by atoms with Crippen LogP contribution in [0.2, 0.25) is 0 Å². The number of hydrogen-bond acceptors (Lipinski definition) is 7. The van der Waals surface area contributed by atoms with E-state index in [0.29, 0.717) is 19.0 Å². The second-order valence-corrected chi connectivity index (χ2v) is 8.35. The molecule has 1 N–H and O–H groups in total. The van der Waals surface area contributed by atoms with Crippen LogP contribution in [0.1, 0.15) is 27.7 Å². The van der Waals surface area contributed by atoms with E-state index in [4.69, 9.17) is 23.8 Å². The fourth-order valence-corrected chi connectivity index (χ4v) is 3.68. The van der Waals surface area contributed by atoms with E-state index in [1.54, 1.807) is 6.07 Å². The number of hydrogen-bond donors (Lipinski definition) is 1. The van der Waals surface area contributed by atoms with Gasteiger partial charge in [0.15, 0.2) is 17.4 Å². The molecule has 0 aromatic heterocycles. The number of fused-ring (bicyclic) bond motifs is 1. The van der Waals surface area contributed by atoms with E-state index in [1.165, 1.54) is 18.3 Å². The van der Waals surface area contributed by atoms with Crippen molar-refractivity contribution in [2.75, 3.05) is 13.2 Å². The standard InChI is InChI=1S/C25H29FN2O5/c1-5-29-24-9-7-18-10-17(6-8-23(18)28-24)16(2)31-20-11-19(26)12-21(13-20)33-27-14-22-15-30-25(3,4)32-22/h6-14,16,22-23,28H,5,15H2,1-4H3/b27-14+/t16?,22-,23?/m0/s1. The van der Waals surface area contributed by atoms with Gasteiger partial charge in [-0.15, -0.1) is 0 Å². The zero-order valence-electron chi connectivity index (χ0n) is 19.2. The van der Waals surface area contributed by atoms with Crippen molar-refractivity contribution in [1.29, 1.82) is 0 Å². The van der Waals surface area contributed by atoms with Gasteiger partial charge in [-0.05, 0) is 51.0 Å². The Balaban J connectivity index is 1.39. The summed E-state index contributed by atoms with van der Waals surface area (Å²) in [5, 5.41) is 7.23. The molecule has 176 valence electrons. The molecule has 33 heavy (non-hydrogen) atoms. The summed E-state index contributed by atoms with van der Waals surface area (Å²) in [5.74, 6) is 0.198. The summed E-state index contributed by atoms with van der Waals surface area (Å²) in [5.41, 5.74) is 2.07. The highest BCUT2D eigenvalue weighted by Crippen LogP contribution is 2.28. The van der Waals surface area contributed by atoms with Gasteiger partial charge < -0.3 is 29.1 Å². The van der Waals surface area contributed by atoms with Crippen molar-refractivity contribution in [2.45, 2.75) is 51.7 Å². The van der Waals surface area contributed by atoms with E-state index in [-0.39, 0.29) is 24.0 Å². The lowest BCUT2D eigenvalue weighted by Gasteiger charge is -2.27. The number of ether oxygens (including phenoxy) is 4. The van der Waals surface area contributed by atoms with Crippen LogP contribution in [0, 0.1) is 5.82 Å². The molecule has 2 heterocycles. The van der Waals surface area contributed by atoms with Gasteiger partial charge in [-0.25, -0.2) is 4.39 Å². The third-order valence-electron chi connectivity index (χ3n) is 5.24. The maximum absolute atomic E-state index is 14.2. The number of nitrogens with zero attached hydrogens (tertiary/aromatic N) is 1. The number of oxime groups is 1. The molecule has 1 aromatic rings. The molecule has 2 unspecified atom stereocenters. The highest BCUT2D eigenvalue weighted by atomic mass is 19.1. The van der Waals surface area contributed by atoms with Crippen molar-refractivity contribution in [3.63, 3.8) is 0 Å². The van der Waals surface area contributed by atoms with Gasteiger partial charge in [0.05, 0.1) is 25.5 Å². The molecule has 1 saturated heterocycles. The minimum Gasteiger partial charge on any atom is -0.486 e. The smallest absolute Gasteiger partial charge is 0.187 e. The van der Waals surface area contributed by atoms with Crippen LogP contribution < -0.4 is 14.9 Å². The minimum atomic E-state index is -0.652. The summed E-state index contributed by atoms with van der Waals surface area (Å²) in [6.45, 7) is 8.50. The predicted molar refractivity (Wildman–Crippen MR) is 122 cm³/mol. The van der Waals surface area contributed by atoms with Crippen LogP contribution in [0.4, 0.5) is 4.39 Å². The fourth-order valence-electron chi connectivity index (χ4n) is 3.68. The zero-order valence-corrected chi connectivity index (χ0v) is 19.2. The molecular formula is C25H29FN2O5. The molecule has 1 aromatic carbocycles. The van der Waals surface area contributed by atoms with E-state index < -0.39 is 11.6 Å². The Labute approximate surface area is 193 Å². The van der Waals surface area contributed by atoms with Crippen LogP contribution in [0.25, 0.3) is 0 Å². The van der Waals surface area contributed by atoms with Gasteiger partial charge in [-0.1, -0.05) is 23.4 Å². The van der Waals surface area contributed by atoms with Crippen LogP contribution in [0.15, 0.2) is 70.8 Å². The average Bonchev–Trinajstić information content (AvgIpc) is 3.11. The Bertz CT molecular complexity index is 1030. The average molecular weight is 457 g/mol. The molecule has 2 aliphatic heterocycles. The van der Waals surface area contributed by atoms with Gasteiger partial charge in [0.1, 0.15) is 23.8 Å². The van der Waals surface area contributed by atoms with Gasteiger partial charge in [0, 0.05) is 18.2 Å². The number of allylic oxidation sites excluding steroid dienone is 2. The molecule has 1 aliphatic carbocycles. The van der Waals surface area contributed by atoms with Crippen molar-refractivity contribution >= 4 is 6.21 Å². The van der Waals surface area contributed by atoms with Crippen LogP contribution in [-0.4, -0.2) is 43.5 Å². The van der Waals surface area contributed by atoms with E-state index in [9.17, 15) is 4.39 Å². The maximum atomic E-state index is 14.2. The Morgan fingerprint density at radius 3 is 2.85 bits per heavy atom. The minimum absolute atomic E-state index is 0.0550. The number of nitrogens with one attached hydrogen (secondary N) is 1. The van der Waals surface area contributed by atoms with Gasteiger partial charge in [0.2, 0.25) is 0 Å². The monoisotopic (exact) mass is 456 g/mol. The van der Waals surface area contributed by atoms with Crippen LogP contribution >= 0.6 is 0 Å². The van der Waals surface area contributed by atoms with Crippen molar-refractivity contribution in [2.24, 2.45) is 5.16 Å². The normalized spacial score (nSPS) is 24.3. The second-order valence-electron chi connectivity index (χ2n) is 8.35. The first-order valence-corrected chi connectivity index (χ1v) is 11.0. The molecule has 0 spiro atoms. The highest BCUT2D eigenvalue weighted by molar-refractivity contribution is 5.63. The van der Waals surface area contributed by atoms with Gasteiger partial charge >= 0.3 is 0 Å². The quantitative estimate of drug-likeness (QED) is 0.462. The van der Waals surface area contributed by atoms with Crippen molar-refractivity contribution < 1.29 is 28.2 Å². The van der Waals surface area contributed by atoms with Gasteiger partial charge in [-0.3, -0.25) is 0 Å². The van der Waals surface area contributed by atoms with Crippen LogP contribution in [0.5, 0.6) is 11.5 Å². The summed E-state index contributed by atoms with van der Waals surface area (Å²) in [7, 11) is 0. The van der Waals surface area contributed by atoms with E-state index in [2.05, 4.69) is 22.6 Å². The van der Waals surface area contributed by atoms with Gasteiger partial charge in [0.25, 0.3) is 0 Å². The predicted octanol–water partition coefficient (Wildman–Crippen LogP) is 4.38. The van der Waals surface area contributed by atoms with E-state index in [1.807, 2.05) is 45.9 Å². The first kappa shape index (κ1) is 23.1. The van der Waals surface area contributed by atoms with Crippen molar-refractivity contribution in [3.05, 3.63) is 71.4 Å². The summed E-state index contributed by atoms with van der Waals surface area (Å²) >= 11 is 0. The summed E-state index contributed by atoms with van der Waals surface area (Å²) in [4.78, 5) is 5.33. The lowest BCUT2D eigenvalue weighted by atomic mass is 9.93. The number of benzene rings is 1. The fraction of sp³-hybridized carbons (Fsp3) is 0.400. The van der Waals surface area contributed by atoms with E-state index >= 15 is 0 Å². The molecule has 8 heteroatoms. The summed E-state index contributed by atoms with van der Waals surface area (Å²) in [6, 6.07) is 4.22. The number of rotatable bonds is 8. The second kappa shape index (κ2) is 9.80. The van der Waals surface area contributed by atoms with Crippen molar-refractivity contribution in [3.8, 4) is 11.5 Å². The maximum Gasteiger partial charge on any atom is 0.187 e. The zero-order chi connectivity index (χ0) is 23.4. The Morgan fingerprint density at radius 1 is 1.27 bits per heavy atom. The molecule has 0 saturated carbocycles. The lowest BCUT2D eigenvalue weighted by molar-refractivity contribution is -0.131. The number of halogens is 1.